The van der Waals surface area contributed by atoms with Crippen LogP contribution in [0.1, 0.15) is 24.6 Å². The Hall–Kier alpha value is -3.21. The van der Waals surface area contributed by atoms with Gasteiger partial charge in [0.25, 0.3) is 0 Å². The first-order valence-electron chi connectivity index (χ1n) is 12.2. The number of rotatable bonds is 4. The molecule has 0 N–H and O–H groups in total. The van der Waals surface area contributed by atoms with Crippen molar-refractivity contribution in [2.24, 2.45) is 0 Å². The maximum atomic E-state index is 9.49. The fourth-order valence-corrected chi connectivity index (χ4v) is 6.04. The lowest BCUT2D eigenvalue weighted by Gasteiger charge is -2.64. The summed E-state index contributed by atoms with van der Waals surface area (Å²) < 4.78 is 6.38. The molecule has 0 amide bonds. The lowest BCUT2D eigenvalue weighted by atomic mass is 9.76. The highest BCUT2D eigenvalue weighted by Gasteiger charge is 2.53. The Labute approximate surface area is 200 Å². The number of aromatic nitrogens is 2. The Bertz CT molecular complexity index is 1260. The van der Waals surface area contributed by atoms with Crippen LogP contribution < -0.4 is 9.80 Å². The summed E-state index contributed by atoms with van der Waals surface area (Å²) in [7, 11) is 0. The van der Waals surface area contributed by atoms with Crippen molar-refractivity contribution < 1.29 is 4.74 Å². The van der Waals surface area contributed by atoms with Gasteiger partial charge in [0.2, 0.25) is 0 Å². The van der Waals surface area contributed by atoms with Gasteiger partial charge < -0.3 is 14.5 Å². The quantitative estimate of drug-likeness (QED) is 0.599. The molecule has 6 rings (SSSR count). The number of ether oxygens (including phenoxy) is 1. The summed E-state index contributed by atoms with van der Waals surface area (Å²) in [6.45, 7) is 10.1. The van der Waals surface area contributed by atoms with Crippen LogP contribution in [0.15, 0.2) is 48.8 Å². The van der Waals surface area contributed by atoms with E-state index < -0.39 is 0 Å². The normalized spacial score (nSPS) is 24.0. The average Bonchev–Trinajstić information content (AvgIpc) is 2.79. The summed E-state index contributed by atoms with van der Waals surface area (Å²) in [5.41, 5.74) is 5.19. The second kappa shape index (κ2) is 8.23. The highest BCUT2D eigenvalue weighted by molar-refractivity contribution is 5.95. The molecule has 3 aromatic rings. The molecule has 174 valence electrons. The minimum atomic E-state index is 0.149. The van der Waals surface area contributed by atoms with Crippen molar-refractivity contribution >= 4 is 22.3 Å². The lowest BCUT2D eigenvalue weighted by molar-refractivity contribution is -0.0631. The SMILES string of the molecule is Cc1cc(N2CCC23CN(C[C@@H]2CN(c4ccc(C#N)c5ncccc45)C[C@H](C)O2)C3)ccn1. The van der Waals surface area contributed by atoms with Gasteiger partial charge in [-0.15, -0.1) is 0 Å². The van der Waals surface area contributed by atoms with Crippen LogP contribution in [0, 0.1) is 18.3 Å². The first kappa shape index (κ1) is 21.3. The Balaban J connectivity index is 1.15. The van der Waals surface area contributed by atoms with E-state index in [0.29, 0.717) is 5.56 Å². The topological polar surface area (TPSA) is 68.5 Å². The molecule has 7 nitrogen and oxygen atoms in total. The number of nitriles is 1. The third-order valence-electron chi connectivity index (χ3n) is 7.60. The monoisotopic (exact) mass is 454 g/mol. The van der Waals surface area contributed by atoms with E-state index in [1.54, 1.807) is 6.20 Å². The molecule has 3 aliphatic heterocycles. The molecule has 5 heterocycles. The van der Waals surface area contributed by atoms with Gasteiger partial charge in [-0.05, 0) is 56.7 Å². The second-order valence-electron chi connectivity index (χ2n) is 10.1. The summed E-state index contributed by atoms with van der Waals surface area (Å²) in [5, 5.41) is 10.5. The van der Waals surface area contributed by atoms with Gasteiger partial charge in [0.05, 0.1) is 28.8 Å². The third-order valence-corrected chi connectivity index (χ3v) is 7.60. The van der Waals surface area contributed by atoms with E-state index in [1.165, 1.54) is 12.1 Å². The minimum Gasteiger partial charge on any atom is -0.370 e. The number of anilines is 2. The molecule has 0 unspecified atom stereocenters. The number of fused-ring (bicyclic) bond motifs is 1. The largest absolute Gasteiger partial charge is 0.370 e. The number of benzene rings is 1. The number of nitrogens with zero attached hydrogens (tertiary/aromatic N) is 6. The fourth-order valence-electron chi connectivity index (χ4n) is 6.04. The van der Waals surface area contributed by atoms with Crippen LogP contribution in [-0.4, -0.2) is 71.9 Å². The van der Waals surface area contributed by atoms with Crippen LogP contribution in [0.25, 0.3) is 10.9 Å². The van der Waals surface area contributed by atoms with Gasteiger partial charge in [0, 0.05) is 74.1 Å². The van der Waals surface area contributed by atoms with Crippen molar-refractivity contribution in [2.75, 3.05) is 49.1 Å². The summed E-state index contributed by atoms with van der Waals surface area (Å²) in [6.07, 6.45) is 5.23. The molecule has 1 aromatic carbocycles. The molecule has 0 bridgehead atoms. The van der Waals surface area contributed by atoms with Crippen LogP contribution in [0.3, 0.4) is 0 Å². The highest BCUT2D eigenvalue weighted by Crippen LogP contribution is 2.42. The molecule has 3 fully saturated rings. The molecule has 0 saturated carbocycles. The molecular weight excluding hydrogens is 424 g/mol. The number of aryl methyl sites for hydroxylation is 1. The molecule has 3 saturated heterocycles. The van der Waals surface area contributed by atoms with Gasteiger partial charge in [-0.3, -0.25) is 14.9 Å². The zero-order chi connectivity index (χ0) is 23.3. The molecule has 0 radical (unpaired) electrons. The van der Waals surface area contributed by atoms with Crippen LogP contribution in [0.2, 0.25) is 0 Å². The van der Waals surface area contributed by atoms with Gasteiger partial charge in [0.1, 0.15) is 6.07 Å². The molecule has 1 spiro atoms. The van der Waals surface area contributed by atoms with E-state index in [2.05, 4.69) is 68.8 Å². The van der Waals surface area contributed by atoms with Crippen LogP contribution in [-0.2, 0) is 4.74 Å². The van der Waals surface area contributed by atoms with Crippen LogP contribution in [0.5, 0.6) is 0 Å². The average molecular weight is 455 g/mol. The van der Waals surface area contributed by atoms with Gasteiger partial charge in [-0.25, -0.2) is 0 Å². The fraction of sp³-hybridized carbons (Fsp3) is 0.444. The standard InChI is InChI=1S/C27H30N6O/c1-19-12-22(7-10-29-19)33-11-8-27(33)17-31(18-27)15-23-16-32(14-20(2)34-23)25-6-5-21(13-28)26-24(25)4-3-9-30-26/h3-7,9-10,12,20,23H,8,11,14-18H2,1-2H3/t20-,23+/m0/s1. The lowest BCUT2D eigenvalue weighted by Crippen LogP contribution is -2.78. The zero-order valence-electron chi connectivity index (χ0n) is 19.8. The number of hydrogen-bond donors (Lipinski definition) is 0. The van der Waals surface area contributed by atoms with E-state index in [1.807, 2.05) is 18.3 Å². The number of hydrogen-bond acceptors (Lipinski definition) is 7. The summed E-state index contributed by atoms with van der Waals surface area (Å²) in [4.78, 5) is 16.4. The predicted octanol–water partition coefficient (Wildman–Crippen LogP) is 3.37. The Morgan fingerprint density at radius 2 is 2.03 bits per heavy atom. The predicted molar refractivity (Wildman–Crippen MR) is 133 cm³/mol. The summed E-state index contributed by atoms with van der Waals surface area (Å²) in [5.74, 6) is 0. The van der Waals surface area contributed by atoms with E-state index in [9.17, 15) is 5.26 Å². The maximum Gasteiger partial charge on any atom is 0.101 e. The van der Waals surface area contributed by atoms with E-state index in [0.717, 1.165) is 61.6 Å². The van der Waals surface area contributed by atoms with Gasteiger partial charge in [0.15, 0.2) is 0 Å². The minimum absolute atomic E-state index is 0.149. The molecule has 7 heteroatoms. The first-order valence-corrected chi connectivity index (χ1v) is 12.2. The number of morpholine rings is 1. The smallest absolute Gasteiger partial charge is 0.101 e. The Kier molecular flexibility index (Phi) is 5.16. The van der Waals surface area contributed by atoms with Crippen LogP contribution >= 0.6 is 0 Å². The van der Waals surface area contributed by atoms with Crippen LogP contribution in [0.4, 0.5) is 11.4 Å². The van der Waals surface area contributed by atoms with Gasteiger partial charge in [-0.2, -0.15) is 5.26 Å². The second-order valence-corrected chi connectivity index (χ2v) is 10.1. The van der Waals surface area contributed by atoms with E-state index in [-0.39, 0.29) is 17.7 Å². The molecule has 0 aliphatic carbocycles. The molecule has 2 aromatic heterocycles. The zero-order valence-corrected chi connectivity index (χ0v) is 19.8. The van der Waals surface area contributed by atoms with Crippen molar-refractivity contribution in [1.82, 2.24) is 14.9 Å². The summed E-state index contributed by atoms with van der Waals surface area (Å²) in [6, 6.07) is 14.6. The molecule has 2 atom stereocenters. The van der Waals surface area contributed by atoms with Crippen molar-refractivity contribution in [3.05, 3.63) is 60.0 Å². The van der Waals surface area contributed by atoms with Gasteiger partial charge in [-0.1, -0.05) is 0 Å². The summed E-state index contributed by atoms with van der Waals surface area (Å²) >= 11 is 0. The maximum absolute atomic E-state index is 9.49. The Morgan fingerprint density at radius 3 is 2.79 bits per heavy atom. The van der Waals surface area contributed by atoms with E-state index in [4.69, 9.17) is 4.74 Å². The van der Waals surface area contributed by atoms with Crippen molar-refractivity contribution in [3.63, 3.8) is 0 Å². The third kappa shape index (κ3) is 3.58. The van der Waals surface area contributed by atoms with Gasteiger partial charge >= 0.3 is 0 Å². The van der Waals surface area contributed by atoms with Crippen molar-refractivity contribution in [1.29, 1.82) is 5.26 Å². The van der Waals surface area contributed by atoms with Crippen molar-refractivity contribution in [3.8, 4) is 6.07 Å². The molecule has 3 aliphatic rings. The molecular formula is C27H30N6O. The first-order chi connectivity index (χ1) is 16.5. The molecule has 34 heavy (non-hydrogen) atoms. The van der Waals surface area contributed by atoms with Crippen molar-refractivity contribution in [2.45, 2.75) is 38.0 Å². The number of pyridine rings is 2. The van der Waals surface area contributed by atoms with E-state index >= 15 is 0 Å². The Morgan fingerprint density at radius 1 is 1.15 bits per heavy atom. The number of likely N-dealkylation sites (tertiary alicyclic amines) is 1. The highest BCUT2D eigenvalue weighted by atomic mass is 16.5.